The van der Waals surface area contributed by atoms with Crippen molar-refractivity contribution in [2.45, 2.75) is 57.7 Å². The molecule has 0 heterocycles. The minimum absolute atomic E-state index is 0.0427. The molecule has 0 spiro atoms. The van der Waals surface area contributed by atoms with Gasteiger partial charge in [0.15, 0.2) is 0 Å². The summed E-state index contributed by atoms with van der Waals surface area (Å²) < 4.78 is 0. The maximum absolute atomic E-state index is 12.8. The molecule has 0 atom stereocenters. The van der Waals surface area contributed by atoms with Gasteiger partial charge in [-0.2, -0.15) is 0 Å². The molecule has 1 aromatic carbocycles. The molecule has 0 aromatic heterocycles. The number of rotatable bonds is 6. The first-order valence-electron chi connectivity index (χ1n) is 7.45. The minimum Gasteiger partial charge on any atom is -0.334 e. The molecule has 1 amide bonds. The van der Waals surface area contributed by atoms with Gasteiger partial charge < -0.3 is 10.6 Å². The van der Waals surface area contributed by atoms with Gasteiger partial charge in [0.2, 0.25) is 5.91 Å². The standard InChI is InChI=1S/C16H22Cl2N2O/c1-3-16(19,4-2)15(21)20(12-6-7-12)10-11-5-8-13(17)14(18)9-11/h5,8-9,12H,3-4,6-7,10,19H2,1-2H3. The van der Waals surface area contributed by atoms with Gasteiger partial charge in [-0.3, -0.25) is 4.79 Å². The Labute approximate surface area is 136 Å². The molecule has 21 heavy (non-hydrogen) atoms. The van der Waals surface area contributed by atoms with Crippen molar-refractivity contribution >= 4 is 29.1 Å². The second-order valence-corrected chi connectivity index (χ2v) is 6.59. The smallest absolute Gasteiger partial charge is 0.243 e. The van der Waals surface area contributed by atoms with Gasteiger partial charge in [-0.15, -0.1) is 0 Å². The molecular weight excluding hydrogens is 307 g/mol. The number of benzene rings is 1. The van der Waals surface area contributed by atoms with E-state index in [0.29, 0.717) is 35.5 Å². The van der Waals surface area contributed by atoms with Crippen LogP contribution >= 0.6 is 23.2 Å². The van der Waals surface area contributed by atoms with Crippen LogP contribution in [-0.4, -0.2) is 22.4 Å². The quantitative estimate of drug-likeness (QED) is 0.857. The minimum atomic E-state index is -0.765. The van der Waals surface area contributed by atoms with Crippen LogP contribution in [0.5, 0.6) is 0 Å². The molecule has 2 rings (SSSR count). The van der Waals surface area contributed by atoms with Gasteiger partial charge in [0.25, 0.3) is 0 Å². The van der Waals surface area contributed by atoms with Crippen LogP contribution in [0, 0.1) is 0 Å². The van der Waals surface area contributed by atoms with Crippen LogP contribution in [0.1, 0.15) is 45.1 Å². The molecule has 1 fully saturated rings. The van der Waals surface area contributed by atoms with E-state index < -0.39 is 5.54 Å². The molecule has 0 bridgehead atoms. The van der Waals surface area contributed by atoms with Crippen LogP contribution in [0.15, 0.2) is 18.2 Å². The van der Waals surface area contributed by atoms with Crippen LogP contribution in [0.4, 0.5) is 0 Å². The van der Waals surface area contributed by atoms with Gasteiger partial charge in [0, 0.05) is 12.6 Å². The summed E-state index contributed by atoms with van der Waals surface area (Å²) in [4.78, 5) is 14.7. The molecular formula is C16H22Cl2N2O. The van der Waals surface area contributed by atoms with Gasteiger partial charge in [-0.05, 0) is 43.4 Å². The monoisotopic (exact) mass is 328 g/mol. The summed E-state index contributed by atoms with van der Waals surface area (Å²) in [6.45, 7) is 4.47. The molecule has 1 aromatic rings. The fourth-order valence-electron chi connectivity index (χ4n) is 2.43. The highest BCUT2D eigenvalue weighted by molar-refractivity contribution is 6.42. The number of nitrogens with two attached hydrogens (primary N) is 1. The summed E-state index contributed by atoms with van der Waals surface area (Å²) in [5, 5.41) is 1.04. The maximum Gasteiger partial charge on any atom is 0.243 e. The van der Waals surface area contributed by atoms with E-state index >= 15 is 0 Å². The second-order valence-electron chi connectivity index (χ2n) is 5.78. The lowest BCUT2D eigenvalue weighted by molar-refractivity contribution is -0.138. The average molecular weight is 329 g/mol. The highest BCUT2D eigenvalue weighted by atomic mass is 35.5. The van der Waals surface area contributed by atoms with E-state index in [9.17, 15) is 4.79 Å². The number of carbonyl (C=O) groups excluding carboxylic acids is 1. The summed E-state index contributed by atoms with van der Waals surface area (Å²) in [7, 11) is 0. The fraction of sp³-hybridized carbons (Fsp3) is 0.562. The lowest BCUT2D eigenvalue weighted by Gasteiger charge is -2.33. The van der Waals surface area contributed by atoms with E-state index in [2.05, 4.69) is 0 Å². The molecule has 2 N–H and O–H groups in total. The lowest BCUT2D eigenvalue weighted by Crippen LogP contribution is -2.55. The van der Waals surface area contributed by atoms with E-state index in [4.69, 9.17) is 28.9 Å². The molecule has 0 unspecified atom stereocenters. The zero-order valence-electron chi connectivity index (χ0n) is 12.5. The number of carbonyl (C=O) groups is 1. The molecule has 1 aliphatic carbocycles. The molecule has 116 valence electrons. The van der Waals surface area contributed by atoms with E-state index in [-0.39, 0.29) is 5.91 Å². The van der Waals surface area contributed by atoms with Gasteiger partial charge >= 0.3 is 0 Å². The molecule has 0 aliphatic heterocycles. The molecule has 3 nitrogen and oxygen atoms in total. The largest absolute Gasteiger partial charge is 0.334 e. The van der Waals surface area contributed by atoms with Crippen molar-refractivity contribution in [2.24, 2.45) is 5.73 Å². The number of hydrogen-bond donors (Lipinski definition) is 1. The number of nitrogens with zero attached hydrogens (tertiary/aromatic N) is 1. The van der Waals surface area contributed by atoms with Crippen molar-refractivity contribution in [1.29, 1.82) is 0 Å². The normalized spacial score (nSPS) is 15.1. The highest BCUT2D eigenvalue weighted by Gasteiger charge is 2.40. The predicted octanol–water partition coefficient (Wildman–Crippen LogP) is 4.00. The third-order valence-corrected chi connectivity index (χ3v) is 5.01. The van der Waals surface area contributed by atoms with Crippen molar-refractivity contribution < 1.29 is 4.79 Å². The first-order valence-corrected chi connectivity index (χ1v) is 8.20. The predicted molar refractivity (Wildman–Crippen MR) is 87.5 cm³/mol. The van der Waals surface area contributed by atoms with Gasteiger partial charge in [0.1, 0.15) is 0 Å². The molecule has 0 saturated heterocycles. The van der Waals surface area contributed by atoms with Gasteiger partial charge in [-0.25, -0.2) is 0 Å². The summed E-state index contributed by atoms with van der Waals surface area (Å²) in [6, 6.07) is 5.81. The SMILES string of the molecule is CCC(N)(CC)C(=O)N(Cc1ccc(Cl)c(Cl)c1)C1CC1. The van der Waals surface area contributed by atoms with Crippen LogP contribution in [0.3, 0.4) is 0 Å². The summed E-state index contributed by atoms with van der Waals surface area (Å²) in [5.41, 5.74) is 6.50. The lowest BCUT2D eigenvalue weighted by atomic mass is 9.92. The Bertz CT molecular complexity index is 525. The Kier molecular flexibility index (Phi) is 5.18. The highest BCUT2D eigenvalue weighted by Crippen LogP contribution is 2.32. The first kappa shape index (κ1) is 16.6. The molecule has 0 radical (unpaired) electrons. The Hall–Kier alpha value is -0.770. The zero-order valence-corrected chi connectivity index (χ0v) is 14.0. The summed E-state index contributed by atoms with van der Waals surface area (Å²) >= 11 is 12.0. The fourth-order valence-corrected chi connectivity index (χ4v) is 2.75. The number of hydrogen-bond acceptors (Lipinski definition) is 2. The first-order chi connectivity index (χ1) is 9.91. The van der Waals surface area contributed by atoms with Crippen LogP contribution < -0.4 is 5.73 Å². The Morgan fingerprint density at radius 2 is 1.90 bits per heavy atom. The third-order valence-electron chi connectivity index (χ3n) is 4.27. The van der Waals surface area contributed by atoms with E-state index in [1.54, 1.807) is 6.07 Å². The van der Waals surface area contributed by atoms with Crippen molar-refractivity contribution in [2.75, 3.05) is 0 Å². The molecule has 1 saturated carbocycles. The zero-order chi connectivity index (χ0) is 15.6. The third kappa shape index (κ3) is 3.71. The Morgan fingerprint density at radius 1 is 1.29 bits per heavy atom. The number of amides is 1. The van der Waals surface area contributed by atoms with Crippen LogP contribution in [-0.2, 0) is 11.3 Å². The molecule has 5 heteroatoms. The summed E-state index contributed by atoms with van der Waals surface area (Å²) in [6.07, 6.45) is 3.40. The topological polar surface area (TPSA) is 46.3 Å². The average Bonchev–Trinajstić information content (AvgIpc) is 3.31. The number of halogens is 2. The summed E-state index contributed by atoms with van der Waals surface area (Å²) in [5.74, 6) is 0.0427. The Balaban J connectivity index is 2.19. The van der Waals surface area contributed by atoms with Gasteiger partial charge in [-0.1, -0.05) is 43.1 Å². The van der Waals surface area contributed by atoms with E-state index in [0.717, 1.165) is 18.4 Å². The van der Waals surface area contributed by atoms with Crippen molar-refractivity contribution in [3.63, 3.8) is 0 Å². The van der Waals surface area contributed by atoms with Crippen LogP contribution in [0.25, 0.3) is 0 Å². The van der Waals surface area contributed by atoms with Crippen molar-refractivity contribution in [1.82, 2.24) is 4.90 Å². The van der Waals surface area contributed by atoms with E-state index in [1.807, 2.05) is 30.9 Å². The van der Waals surface area contributed by atoms with Crippen LogP contribution in [0.2, 0.25) is 10.0 Å². The maximum atomic E-state index is 12.8. The van der Waals surface area contributed by atoms with Crippen molar-refractivity contribution in [3.8, 4) is 0 Å². The second kappa shape index (κ2) is 6.55. The Morgan fingerprint density at radius 3 is 2.38 bits per heavy atom. The van der Waals surface area contributed by atoms with Crippen molar-refractivity contribution in [3.05, 3.63) is 33.8 Å². The van der Waals surface area contributed by atoms with E-state index in [1.165, 1.54) is 0 Å². The molecule has 1 aliphatic rings. The van der Waals surface area contributed by atoms with Gasteiger partial charge in [0.05, 0.1) is 15.6 Å².